The summed E-state index contributed by atoms with van der Waals surface area (Å²) in [6.07, 6.45) is 1.56. The minimum Gasteiger partial charge on any atom is -0.286 e. The van der Waals surface area contributed by atoms with Crippen LogP contribution in [0.5, 0.6) is 0 Å². The van der Waals surface area contributed by atoms with Gasteiger partial charge in [0.15, 0.2) is 0 Å². The largest absolute Gasteiger partial charge is 0.286 e. The summed E-state index contributed by atoms with van der Waals surface area (Å²) in [6, 6.07) is 28.2. The van der Waals surface area contributed by atoms with Gasteiger partial charge in [-0.05, 0) is 53.4 Å². The van der Waals surface area contributed by atoms with Crippen LogP contribution in [0.15, 0.2) is 102 Å². The van der Waals surface area contributed by atoms with E-state index in [9.17, 15) is 8.42 Å². The Morgan fingerprint density at radius 2 is 1.53 bits per heavy atom. The van der Waals surface area contributed by atoms with Crippen molar-refractivity contribution in [3.8, 4) is 11.1 Å². The van der Waals surface area contributed by atoms with E-state index in [1.54, 1.807) is 42.6 Å². The first kappa shape index (κ1) is 20.2. The van der Waals surface area contributed by atoms with E-state index in [2.05, 4.69) is 4.72 Å². The highest BCUT2D eigenvalue weighted by Gasteiger charge is 2.16. The van der Waals surface area contributed by atoms with Crippen LogP contribution in [-0.2, 0) is 10.0 Å². The molecule has 30 heavy (non-hydrogen) atoms. The first-order chi connectivity index (χ1) is 14.4. The standard InChI is InChI=1S/C25H20ClNO2S/c1-18-7-14-22(15-8-18)30(28,29)27-17-25(20-9-12-21(26)13-10-20)24-16-11-19-5-3-2-4-6-23(19)24/h2-17,27H,1H3. The van der Waals surface area contributed by atoms with Crippen LogP contribution in [0, 0.1) is 6.92 Å². The average Bonchev–Trinajstić information content (AvgIpc) is 2.97. The Hall–Kier alpha value is -3.08. The number of hydrogen-bond donors (Lipinski definition) is 1. The second-order valence-corrected chi connectivity index (χ2v) is 9.18. The van der Waals surface area contributed by atoms with Crippen LogP contribution >= 0.6 is 11.6 Å². The van der Waals surface area contributed by atoms with Crippen LogP contribution < -0.4 is 4.72 Å². The molecule has 150 valence electrons. The van der Waals surface area contributed by atoms with Crippen LogP contribution in [0.4, 0.5) is 0 Å². The Balaban J connectivity index is 1.80. The first-order valence-electron chi connectivity index (χ1n) is 9.47. The number of fused-ring (bicyclic) bond motifs is 1. The molecule has 0 unspecified atom stereocenters. The summed E-state index contributed by atoms with van der Waals surface area (Å²) in [4.78, 5) is 0.221. The predicted molar refractivity (Wildman–Crippen MR) is 123 cm³/mol. The predicted octanol–water partition coefficient (Wildman–Crippen LogP) is 6.12. The quantitative estimate of drug-likeness (QED) is 0.412. The molecule has 0 aliphatic heterocycles. The van der Waals surface area contributed by atoms with Gasteiger partial charge >= 0.3 is 0 Å². The van der Waals surface area contributed by atoms with Crippen molar-refractivity contribution in [3.05, 3.63) is 119 Å². The number of halogens is 1. The van der Waals surface area contributed by atoms with Crippen molar-refractivity contribution in [1.29, 1.82) is 0 Å². The fourth-order valence-electron chi connectivity index (χ4n) is 3.32. The topological polar surface area (TPSA) is 46.2 Å². The van der Waals surface area contributed by atoms with Crippen molar-refractivity contribution in [2.24, 2.45) is 0 Å². The SMILES string of the molecule is Cc1ccc(S(=O)(=O)NC=C(c2ccc(Cl)cc2)c2ccc3cccccc2-3)cc1. The Morgan fingerprint density at radius 1 is 0.833 bits per heavy atom. The molecule has 0 saturated heterocycles. The maximum atomic E-state index is 12.8. The molecule has 2 aliphatic rings. The Kier molecular flexibility index (Phi) is 5.62. The number of hydrogen-bond acceptors (Lipinski definition) is 2. The second kappa shape index (κ2) is 8.34. The highest BCUT2D eigenvalue weighted by Crippen LogP contribution is 2.35. The number of rotatable bonds is 5. The summed E-state index contributed by atoms with van der Waals surface area (Å²) in [6.45, 7) is 1.92. The van der Waals surface area contributed by atoms with E-state index in [-0.39, 0.29) is 4.90 Å². The molecule has 3 nitrogen and oxygen atoms in total. The van der Waals surface area contributed by atoms with Gasteiger partial charge in [-0.2, -0.15) is 0 Å². The van der Waals surface area contributed by atoms with E-state index < -0.39 is 10.0 Å². The summed E-state index contributed by atoms with van der Waals surface area (Å²) < 4.78 is 28.3. The lowest BCUT2D eigenvalue weighted by Gasteiger charge is -2.11. The summed E-state index contributed by atoms with van der Waals surface area (Å²) >= 11 is 6.07. The molecule has 2 aromatic carbocycles. The third-order valence-electron chi connectivity index (χ3n) is 4.93. The molecule has 0 aromatic heterocycles. The zero-order valence-electron chi connectivity index (χ0n) is 16.3. The summed E-state index contributed by atoms with van der Waals surface area (Å²) in [5.41, 5.74) is 5.69. The van der Waals surface area contributed by atoms with E-state index in [0.717, 1.165) is 33.4 Å². The van der Waals surface area contributed by atoms with Gasteiger partial charge in [0.2, 0.25) is 0 Å². The number of aryl methyl sites for hydroxylation is 1. The van der Waals surface area contributed by atoms with Gasteiger partial charge in [0, 0.05) is 16.8 Å². The smallest absolute Gasteiger partial charge is 0.261 e. The van der Waals surface area contributed by atoms with Crippen LogP contribution in [0.3, 0.4) is 0 Å². The number of nitrogens with one attached hydrogen (secondary N) is 1. The molecule has 0 bridgehead atoms. The van der Waals surface area contributed by atoms with Crippen molar-refractivity contribution in [2.75, 3.05) is 0 Å². The molecule has 4 rings (SSSR count). The second-order valence-electron chi connectivity index (χ2n) is 7.03. The molecule has 0 heterocycles. The van der Waals surface area contributed by atoms with Gasteiger partial charge in [0.05, 0.1) is 4.90 Å². The van der Waals surface area contributed by atoms with Crippen LogP contribution in [0.2, 0.25) is 5.02 Å². The average molecular weight is 434 g/mol. The van der Waals surface area contributed by atoms with Crippen molar-refractivity contribution in [1.82, 2.24) is 4.72 Å². The fraction of sp³-hybridized carbons (Fsp3) is 0.0400. The maximum Gasteiger partial charge on any atom is 0.261 e. The maximum absolute atomic E-state index is 12.8. The summed E-state index contributed by atoms with van der Waals surface area (Å²) in [5.74, 6) is 0. The van der Waals surface area contributed by atoms with Crippen LogP contribution in [0.25, 0.3) is 16.7 Å². The van der Waals surface area contributed by atoms with E-state index in [4.69, 9.17) is 11.6 Å². The monoisotopic (exact) mass is 433 g/mol. The third kappa shape index (κ3) is 4.25. The van der Waals surface area contributed by atoms with Gasteiger partial charge in [-0.25, -0.2) is 8.42 Å². The first-order valence-corrected chi connectivity index (χ1v) is 11.3. The van der Waals surface area contributed by atoms with E-state index in [1.807, 2.05) is 61.5 Å². The van der Waals surface area contributed by atoms with Gasteiger partial charge in [-0.15, -0.1) is 0 Å². The zero-order chi connectivity index (χ0) is 21.1. The number of benzene rings is 2. The van der Waals surface area contributed by atoms with Crippen LogP contribution in [0.1, 0.15) is 16.7 Å². The Bertz CT molecular complexity index is 1280. The molecule has 0 radical (unpaired) electrons. The molecule has 0 spiro atoms. The van der Waals surface area contributed by atoms with Gasteiger partial charge < -0.3 is 0 Å². The molecule has 5 heteroatoms. The molecule has 2 aromatic rings. The van der Waals surface area contributed by atoms with Crippen molar-refractivity contribution >= 4 is 27.2 Å². The summed E-state index contributed by atoms with van der Waals surface area (Å²) in [5, 5.41) is 0.622. The van der Waals surface area contributed by atoms with Gasteiger partial charge in [-0.3, -0.25) is 4.72 Å². The molecule has 0 amide bonds. The highest BCUT2D eigenvalue weighted by molar-refractivity contribution is 7.89. The zero-order valence-corrected chi connectivity index (χ0v) is 17.9. The minimum atomic E-state index is -3.70. The van der Waals surface area contributed by atoms with E-state index in [0.29, 0.717) is 5.02 Å². The summed E-state index contributed by atoms with van der Waals surface area (Å²) in [7, 11) is -3.70. The molecule has 0 atom stereocenters. The van der Waals surface area contributed by atoms with Gasteiger partial charge in [0.25, 0.3) is 10.0 Å². The molecule has 1 N–H and O–H groups in total. The van der Waals surface area contributed by atoms with Crippen molar-refractivity contribution in [2.45, 2.75) is 11.8 Å². The van der Waals surface area contributed by atoms with E-state index in [1.165, 1.54) is 0 Å². The van der Waals surface area contributed by atoms with Crippen molar-refractivity contribution in [3.63, 3.8) is 0 Å². The third-order valence-corrected chi connectivity index (χ3v) is 6.50. The van der Waals surface area contributed by atoms with Gasteiger partial charge in [-0.1, -0.05) is 83.9 Å². The lowest BCUT2D eigenvalue weighted by molar-refractivity contribution is 0.590. The van der Waals surface area contributed by atoms with Crippen LogP contribution in [-0.4, -0.2) is 8.42 Å². The van der Waals surface area contributed by atoms with E-state index >= 15 is 0 Å². The number of sulfonamides is 1. The lowest BCUT2D eigenvalue weighted by atomic mass is 9.97. The lowest BCUT2D eigenvalue weighted by Crippen LogP contribution is -2.18. The fourth-order valence-corrected chi connectivity index (χ4v) is 4.35. The molecule has 2 aliphatic carbocycles. The Labute approximate surface area is 182 Å². The van der Waals surface area contributed by atoms with Gasteiger partial charge in [0.1, 0.15) is 0 Å². The highest BCUT2D eigenvalue weighted by atomic mass is 35.5. The minimum absolute atomic E-state index is 0.221. The molecule has 0 fully saturated rings. The Morgan fingerprint density at radius 3 is 2.27 bits per heavy atom. The molecular weight excluding hydrogens is 414 g/mol. The van der Waals surface area contributed by atoms with Crippen molar-refractivity contribution < 1.29 is 8.42 Å². The molecule has 0 saturated carbocycles. The normalized spacial score (nSPS) is 12.1. The molecular formula is C25H20ClNO2S.